The van der Waals surface area contributed by atoms with Crippen LogP contribution >= 0.6 is 11.8 Å². The van der Waals surface area contributed by atoms with Gasteiger partial charge in [0, 0.05) is 17.4 Å². The molecule has 1 aromatic rings. The third-order valence-corrected chi connectivity index (χ3v) is 3.96. The van der Waals surface area contributed by atoms with E-state index < -0.39 is 11.6 Å². The molecular weight excluding hydrogens is 254 g/mol. The molecular formula is C13H16F2N2S. The van der Waals surface area contributed by atoms with E-state index in [2.05, 4.69) is 24.2 Å². The summed E-state index contributed by atoms with van der Waals surface area (Å²) in [6, 6.07) is 3.85. The lowest BCUT2D eigenvalue weighted by Gasteiger charge is -2.13. The zero-order chi connectivity index (χ0) is 13.1. The number of halogens is 2. The normalized spacial score (nSPS) is 21.6. The predicted octanol–water partition coefficient (Wildman–Crippen LogP) is 3.18. The van der Waals surface area contributed by atoms with Crippen molar-refractivity contribution in [3.63, 3.8) is 0 Å². The van der Waals surface area contributed by atoms with Gasteiger partial charge in [-0.3, -0.25) is 4.99 Å². The Bertz CT molecular complexity index is 460. The van der Waals surface area contributed by atoms with Crippen molar-refractivity contribution in [2.45, 2.75) is 26.4 Å². The highest BCUT2D eigenvalue weighted by molar-refractivity contribution is 8.14. The van der Waals surface area contributed by atoms with E-state index in [0.29, 0.717) is 12.0 Å². The zero-order valence-corrected chi connectivity index (χ0v) is 11.2. The molecule has 0 radical (unpaired) electrons. The van der Waals surface area contributed by atoms with Gasteiger partial charge in [0.25, 0.3) is 0 Å². The summed E-state index contributed by atoms with van der Waals surface area (Å²) in [6.45, 7) is 4.46. The quantitative estimate of drug-likeness (QED) is 0.912. The second-order valence-corrected chi connectivity index (χ2v) is 5.67. The summed E-state index contributed by atoms with van der Waals surface area (Å²) < 4.78 is 26.4. The van der Waals surface area contributed by atoms with Crippen molar-refractivity contribution in [3.05, 3.63) is 35.4 Å². The van der Waals surface area contributed by atoms with Gasteiger partial charge in [0.2, 0.25) is 0 Å². The zero-order valence-electron chi connectivity index (χ0n) is 10.4. The minimum Gasteiger partial charge on any atom is -0.361 e. The van der Waals surface area contributed by atoms with Gasteiger partial charge in [0.15, 0.2) is 5.17 Å². The average molecular weight is 270 g/mol. The highest BCUT2D eigenvalue weighted by atomic mass is 32.2. The lowest BCUT2D eigenvalue weighted by atomic mass is 10.1. The number of amidine groups is 1. The van der Waals surface area contributed by atoms with E-state index in [1.807, 2.05) is 0 Å². The maximum atomic E-state index is 13.4. The maximum absolute atomic E-state index is 13.4. The minimum atomic E-state index is -0.432. The predicted molar refractivity (Wildman–Crippen MR) is 71.7 cm³/mol. The van der Waals surface area contributed by atoms with Gasteiger partial charge in [-0.15, -0.1) is 0 Å². The van der Waals surface area contributed by atoms with Gasteiger partial charge in [-0.1, -0.05) is 25.6 Å². The summed E-state index contributed by atoms with van der Waals surface area (Å²) in [7, 11) is 0. The number of hydrogen-bond donors (Lipinski definition) is 1. The molecule has 5 heteroatoms. The van der Waals surface area contributed by atoms with Gasteiger partial charge in [-0.25, -0.2) is 8.78 Å². The number of rotatable bonds is 3. The van der Waals surface area contributed by atoms with E-state index in [0.717, 1.165) is 23.1 Å². The minimum absolute atomic E-state index is 0.170. The molecule has 0 aliphatic carbocycles. The van der Waals surface area contributed by atoms with Gasteiger partial charge in [0.05, 0.1) is 6.54 Å². The molecule has 1 aliphatic heterocycles. The van der Waals surface area contributed by atoms with Crippen LogP contribution in [-0.2, 0) is 6.54 Å². The Morgan fingerprint density at radius 1 is 1.44 bits per heavy atom. The van der Waals surface area contributed by atoms with E-state index in [9.17, 15) is 8.78 Å². The molecule has 1 heterocycles. The molecule has 1 unspecified atom stereocenters. The molecule has 2 rings (SSSR count). The second kappa shape index (κ2) is 5.69. The third-order valence-electron chi connectivity index (χ3n) is 2.91. The number of hydrogen-bond acceptors (Lipinski definition) is 2. The van der Waals surface area contributed by atoms with Crippen LogP contribution in [0.15, 0.2) is 23.2 Å². The molecule has 0 amide bonds. The summed E-state index contributed by atoms with van der Waals surface area (Å²) in [6.07, 6.45) is 0. The van der Waals surface area contributed by atoms with Crippen molar-refractivity contribution in [3.8, 4) is 0 Å². The molecule has 0 bridgehead atoms. The molecule has 98 valence electrons. The van der Waals surface area contributed by atoms with Crippen LogP contribution in [0.3, 0.4) is 0 Å². The molecule has 1 saturated heterocycles. The Labute approximate surface area is 110 Å². The van der Waals surface area contributed by atoms with Crippen molar-refractivity contribution in [1.29, 1.82) is 0 Å². The van der Waals surface area contributed by atoms with Crippen LogP contribution in [0.4, 0.5) is 8.78 Å². The lowest BCUT2D eigenvalue weighted by Crippen LogP contribution is -2.31. The number of aliphatic imine (C=N–C) groups is 1. The fourth-order valence-electron chi connectivity index (χ4n) is 1.68. The number of thioether (sulfide) groups is 1. The first-order chi connectivity index (χ1) is 8.56. The van der Waals surface area contributed by atoms with Crippen LogP contribution in [0.5, 0.6) is 0 Å². The van der Waals surface area contributed by atoms with E-state index in [4.69, 9.17) is 0 Å². The molecule has 0 aromatic heterocycles. The van der Waals surface area contributed by atoms with E-state index in [1.54, 1.807) is 11.8 Å². The van der Waals surface area contributed by atoms with Gasteiger partial charge in [-0.05, 0) is 24.1 Å². The Hall–Kier alpha value is -1.10. The summed E-state index contributed by atoms with van der Waals surface area (Å²) in [4.78, 5) is 4.29. The van der Waals surface area contributed by atoms with E-state index in [1.165, 1.54) is 6.07 Å². The number of benzene rings is 1. The molecule has 1 aliphatic rings. The fourth-order valence-corrected chi connectivity index (χ4v) is 2.88. The second-order valence-electron chi connectivity index (χ2n) is 4.66. The molecule has 1 fully saturated rings. The summed E-state index contributed by atoms with van der Waals surface area (Å²) in [5.74, 6) is 0.668. The number of nitrogens with one attached hydrogen (secondary N) is 1. The standard InChI is InChI=1S/C13H16F2N2S/c1-8(2)12-7-18-13(17-12)16-6-9-5-10(14)3-4-11(9)15/h3-5,8,12H,6-7H2,1-2H3,(H,16,17). The fraction of sp³-hybridized carbons (Fsp3) is 0.462. The molecule has 1 N–H and O–H groups in total. The Balaban J connectivity index is 2.01. The van der Waals surface area contributed by atoms with Crippen LogP contribution in [0.1, 0.15) is 19.4 Å². The molecule has 1 atom stereocenters. The van der Waals surface area contributed by atoms with Crippen molar-refractivity contribution in [2.75, 3.05) is 5.75 Å². The maximum Gasteiger partial charge on any atom is 0.157 e. The van der Waals surface area contributed by atoms with Gasteiger partial charge in [-0.2, -0.15) is 0 Å². The Morgan fingerprint density at radius 2 is 2.22 bits per heavy atom. The molecule has 18 heavy (non-hydrogen) atoms. The topological polar surface area (TPSA) is 24.4 Å². The van der Waals surface area contributed by atoms with Crippen LogP contribution < -0.4 is 5.32 Å². The summed E-state index contributed by atoms with van der Waals surface area (Å²) in [5.41, 5.74) is 0.290. The molecule has 0 spiro atoms. The van der Waals surface area contributed by atoms with Crippen LogP contribution in [0.25, 0.3) is 0 Å². The van der Waals surface area contributed by atoms with E-state index in [-0.39, 0.29) is 12.1 Å². The SMILES string of the molecule is CC(C)C1CSC(=NCc2cc(F)ccc2F)N1. The first-order valence-corrected chi connectivity index (χ1v) is 6.92. The lowest BCUT2D eigenvalue weighted by molar-refractivity contribution is 0.503. The molecule has 2 nitrogen and oxygen atoms in total. The third kappa shape index (κ3) is 3.22. The van der Waals surface area contributed by atoms with E-state index >= 15 is 0 Å². The monoisotopic (exact) mass is 270 g/mol. The number of nitrogens with zero attached hydrogens (tertiary/aromatic N) is 1. The van der Waals surface area contributed by atoms with Crippen molar-refractivity contribution >= 4 is 16.9 Å². The highest BCUT2D eigenvalue weighted by Crippen LogP contribution is 2.20. The van der Waals surface area contributed by atoms with Gasteiger partial charge >= 0.3 is 0 Å². The van der Waals surface area contributed by atoms with Crippen molar-refractivity contribution < 1.29 is 8.78 Å². The van der Waals surface area contributed by atoms with Gasteiger partial charge < -0.3 is 5.32 Å². The summed E-state index contributed by atoms with van der Waals surface area (Å²) >= 11 is 1.63. The molecule has 1 aromatic carbocycles. The van der Waals surface area contributed by atoms with Crippen molar-refractivity contribution in [1.82, 2.24) is 5.32 Å². The van der Waals surface area contributed by atoms with Crippen LogP contribution in [0, 0.1) is 17.6 Å². The first kappa shape index (κ1) is 13.3. The van der Waals surface area contributed by atoms with Gasteiger partial charge in [0.1, 0.15) is 11.6 Å². The Morgan fingerprint density at radius 3 is 2.89 bits per heavy atom. The summed E-state index contributed by atoms with van der Waals surface area (Å²) in [5, 5.41) is 4.11. The first-order valence-electron chi connectivity index (χ1n) is 5.94. The Kier molecular flexibility index (Phi) is 4.22. The van der Waals surface area contributed by atoms with Crippen LogP contribution in [0.2, 0.25) is 0 Å². The largest absolute Gasteiger partial charge is 0.361 e. The smallest absolute Gasteiger partial charge is 0.157 e. The highest BCUT2D eigenvalue weighted by Gasteiger charge is 2.22. The molecule has 0 saturated carbocycles. The average Bonchev–Trinajstić information content (AvgIpc) is 2.79. The van der Waals surface area contributed by atoms with Crippen LogP contribution in [-0.4, -0.2) is 17.0 Å². The van der Waals surface area contributed by atoms with Crippen molar-refractivity contribution in [2.24, 2.45) is 10.9 Å².